The summed E-state index contributed by atoms with van der Waals surface area (Å²) in [5.41, 5.74) is 2.03. The van der Waals surface area contributed by atoms with Crippen LogP contribution < -0.4 is 9.64 Å². The molecule has 0 aliphatic carbocycles. The van der Waals surface area contributed by atoms with E-state index in [1.165, 1.54) is 0 Å². The molecule has 2 aromatic carbocycles. The Morgan fingerprint density at radius 1 is 1.13 bits per heavy atom. The first-order valence-electron chi connectivity index (χ1n) is 7.80. The van der Waals surface area contributed by atoms with Gasteiger partial charge in [0.05, 0.1) is 32.3 Å². The highest BCUT2D eigenvalue weighted by atomic mass is 16.5. The van der Waals surface area contributed by atoms with Gasteiger partial charge in [-0.3, -0.25) is 4.79 Å². The fourth-order valence-electron chi connectivity index (χ4n) is 2.81. The van der Waals surface area contributed by atoms with Gasteiger partial charge in [-0.2, -0.15) is 0 Å². The lowest BCUT2D eigenvalue weighted by Crippen LogP contribution is -2.58. The SMILES string of the molecule is COc1ccc(N2C(=O)C[C@@H]2[C@H](C)OCc2ccccc2)cc1. The molecule has 1 amide bonds. The number of carbonyl (C=O) groups is 1. The molecular formula is C19H21NO3. The van der Waals surface area contributed by atoms with Gasteiger partial charge in [0, 0.05) is 5.69 Å². The molecule has 0 unspecified atom stereocenters. The summed E-state index contributed by atoms with van der Waals surface area (Å²) in [5, 5.41) is 0. The van der Waals surface area contributed by atoms with Gasteiger partial charge in [-0.1, -0.05) is 30.3 Å². The Labute approximate surface area is 136 Å². The second-order valence-corrected chi connectivity index (χ2v) is 5.73. The van der Waals surface area contributed by atoms with Gasteiger partial charge in [-0.05, 0) is 36.8 Å². The molecule has 0 N–H and O–H groups in total. The molecule has 2 atom stereocenters. The highest BCUT2D eigenvalue weighted by Gasteiger charge is 2.41. The number of methoxy groups -OCH3 is 1. The van der Waals surface area contributed by atoms with E-state index in [9.17, 15) is 4.79 Å². The molecular weight excluding hydrogens is 290 g/mol. The van der Waals surface area contributed by atoms with E-state index in [1.807, 2.05) is 66.4 Å². The van der Waals surface area contributed by atoms with Crippen LogP contribution in [0.5, 0.6) is 5.75 Å². The predicted molar refractivity (Wildman–Crippen MR) is 89.6 cm³/mol. The summed E-state index contributed by atoms with van der Waals surface area (Å²) in [6.07, 6.45) is 0.511. The minimum atomic E-state index is -0.0185. The zero-order valence-corrected chi connectivity index (χ0v) is 13.4. The molecule has 2 aromatic rings. The lowest BCUT2D eigenvalue weighted by atomic mass is 9.95. The van der Waals surface area contributed by atoms with Gasteiger partial charge in [0.1, 0.15) is 5.75 Å². The van der Waals surface area contributed by atoms with E-state index in [-0.39, 0.29) is 18.1 Å². The number of rotatable bonds is 6. The minimum absolute atomic E-state index is 0.0185. The number of hydrogen-bond donors (Lipinski definition) is 0. The number of carbonyl (C=O) groups excluding carboxylic acids is 1. The normalized spacial score (nSPS) is 18.4. The molecule has 0 radical (unpaired) electrons. The van der Waals surface area contributed by atoms with Crippen LogP contribution in [0.15, 0.2) is 54.6 Å². The molecule has 120 valence electrons. The van der Waals surface area contributed by atoms with Crippen molar-refractivity contribution in [1.82, 2.24) is 0 Å². The van der Waals surface area contributed by atoms with E-state index in [2.05, 4.69) is 0 Å². The summed E-state index contributed by atoms with van der Waals surface area (Å²) in [7, 11) is 1.63. The molecule has 1 saturated heterocycles. The highest BCUT2D eigenvalue weighted by Crippen LogP contribution is 2.32. The van der Waals surface area contributed by atoms with E-state index in [0.29, 0.717) is 13.0 Å². The van der Waals surface area contributed by atoms with Crippen LogP contribution in [0.1, 0.15) is 18.9 Å². The average molecular weight is 311 g/mol. The van der Waals surface area contributed by atoms with E-state index in [4.69, 9.17) is 9.47 Å². The third-order valence-corrected chi connectivity index (χ3v) is 4.23. The smallest absolute Gasteiger partial charge is 0.229 e. The number of β-lactam (4-membered cyclic amide) rings is 1. The first kappa shape index (κ1) is 15.6. The maximum Gasteiger partial charge on any atom is 0.229 e. The Balaban J connectivity index is 1.63. The predicted octanol–water partition coefficient (Wildman–Crippen LogP) is 3.41. The van der Waals surface area contributed by atoms with Gasteiger partial charge < -0.3 is 14.4 Å². The Bertz CT molecular complexity index is 654. The van der Waals surface area contributed by atoms with Crippen LogP contribution in [0.25, 0.3) is 0 Å². The van der Waals surface area contributed by atoms with E-state index < -0.39 is 0 Å². The van der Waals surface area contributed by atoms with Gasteiger partial charge in [-0.25, -0.2) is 0 Å². The molecule has 0 aromatic heterocycles. The van der Waals surface area contributed by atoms with Crippen molar-refractivity contribution >= 4 is 11.6 Å². The number of benzene rings is 2. The van der Waals surface area contributed by atoms with E-state index in [1.54, 1.807) is 7.11 Å². The Kier molecular flexibility index (Phi) is 4.63. The Hall–Kier alpha value is -2.33. The number of nitrogens with zero attached hydrogens (tertiary/aromatic N) is 1. The summed E-state index contributed by atoms with van der Waals surface area (Å²) < 4.78 is 11.1. The van der Waals surface area contributed by atoms with Crippen LogP contribution >= 0.6 is 0 Å². The lowest BCUT2D eigenvalue weighted by molar-refractivity contribution is -0.127. The first-order valence-corrected chi connectivity index (χ1v) is 7.80. The minimum Gasteiger partial charge on any atom is -0.497 e. The topological polar surface area (TPSA) is 38.8 Å². The summed E-state index contributed by atoms with van der Waals surface area (Å²) in [4.78, 5) is 13.8. The van der Waals surface area contributed by atoms with Crippen molar-refractivity contribution in [3.63, 3.8) is 0 Å². The van der Waals surface area contributed by atoms with Gasteiger partial charge in [0.2, 0.25) is 5.91 Å². The lowest BCUT2D eigenvalue weighted by Gasteiger charge is -2.43. The fraction of sp³-hybridized carbons (Fsp3) is 0.316. The molecule has 4 nitrogen and oxygen atoms in total. The van der Waals surface area contributed by atoms with Crippen molar-refractivity contribution in [1.29, 1.82) is 0 Å². The maximum absolute atomic E-state index is 12.0. The van der Waals surface area contributed by atoms with Crippen molar-refractivity contribution in [2.45, 2.75) is 32.1 Å². The van der Waals surface area contributed by atoms with Crippen molar-refractivity contribution in [3.05, 3.63) is 60.2 Å². The third kappa shape index (κ3) is 3.37. The van der Waals surface area contributed by atoms with E-state index >= 15 is 0 Å². The number of hydrogen-bond acceptors (Lipinski definition) is 3. The van der Waals surface area contributed by atoms with Crippen LogP contribution in [0.2, 0.25) is 0 Å². The monoisotopic (exact) mass is 311 g/mol. The zero-order valence-electron chi connectivity index (χ0n) is 13.4. The standard InChI is InChI=1S/C19H21NO3/c1-14(23-13-15-6-4-3-5-7-15)18-12-19(21)20(18)16-8-10-17(22-2)11-9-16/h3-11,14,18H,12-13H2,1-2H3/t14-,18+/m0/s1. The van der Waals surface area contributed by atoms with Gasteiger partial charge in [-0.15, -0.1) is 0 Å². The second kappa shape index (κ2) is 6.84. The molecule has 4 heteroatoms. The first-order chi connectivity index (χ1) is 11.2. The number of anilines is 1. The number of ether oxygens (including phenoxy) is 2. The maximum atomic E-state index is 12.0. The molecule has 0 bridgehead atoms. The molecule has 1 aliphatic heterocycles. The van der Waals surface area contributed by atoms with Crippen LogP contribution in [0.3, 0.4) is 0 Å². The quantitative estimate of drug-likeness (QED) is 0.767. The Morgan fingerprint density at radius 3 is 2.43 bits per heavy atom. The highest BCUT2D eigenvalue weighted by molar-refractivity contribution is 6.01. The van der Waals surface area contributed by atoms with Crippen molar-refractivity contribution in [3.8, 4) is 5.75 Å². The zero-order chi connectivity index (χ0) is 16.2. The molecule has 23 heavy (non-hydrogen) atoms. The third-order valence-electron chi connectivity index (χ3n) is 4.23. The van der Waals surface area contributed by atoms with Crippen molar-refractivity contribution in [2.24, 2.45) is 0 Å². The van der Waals surface area contributed by atoms with Crippen LogP contribution in [-0.4, -0.2) is 25.2 Å². The average Bonchev–Trinajstić information content (AvgIpc) is 2.59. The van der Waals surface area contributed by atoms with Crippen molar-refractivity contribution in [2.75, 3.05) is 12.0 Å². The van der Waals surface area contributed by atoms with Crippen molar-refractivity contribution < 1.29 is 14.3 Å². The molecule has 1 heterocycles. The summed E-state index contributed by atoms with van der Waals surface area (Å²) in [6.45, 7) is 2.58. The molecule has 0 spiro atoms. The fourth-order valence-corrected chi connectivity index (χ4v) is 2.81. The number of amides is 1. The molecule has 1 aliphatic rings. The van der Waals surface area contributed by atoms with Gasteiger partial charge in [0.15, 0.2) is 0 Å². The molecule has 3 rings (SSSR count). The molecule has 0 saturated carbocycles. The largest absolute Gasteiger partial charge is 0.497 e. The van der Waals surface area contributed by atoms with E-state index in [0.717, 1.165) is 17.0 Å². The van der Waals surface area contributed by atoms with Crippen LogP contribution in [0.4, 0.5) is 5.69 Å². The van der Waals surface area contributed by atoms with Crippen LogP contribution in [0, 0.1) is 0 Å². The Morgan fingerprint density at radius 2 is 1.83 bits per heavy atom. The van der Waals surface area contributed by atoms with Gasteiger partial charge >= 0.3 is 0 Å². The summed E-state index contributed by atoms with van der Waals surface area (Å²) >= 11 is 0. The summed E-state index contributed by atoms with van der Waals surface area (Å²) in [5.74, 6) is 0.918. The second-order valence-electron chi connectivity index (χ2n) is 5.73. The molecule has 1 fully saturated rings. The van der Waals surface area contributed by atoms with Crippen LogP contribution in [-0.2, 0) is 16.1 Å². The summed E-state index contributed by atoms with van der Waals surface area (Å²) in [6, 6.07) is 17.7. The van der Waals surface area contributed by atoms with Gasteiger partial charge in [0.25, 0.3) is 0 Å².